The smallest absolute Gasteiger partial charge is 0.312 e. The number of anilines is 1. The number of carbonyl (C=O) groups excluding carboxylic acids is 1. The van der Waals surface area contributed by atoms with Crippen molar-refractivity contribution in [2.45, 2.75) is 19.9 Å². The van der Waals surface area contributed by atoms with Gasteiger partial charge in [0.2, 0.25) is 11.7 Å². The van der Waals surface area contributed by atoms with E-state index in [0.717, 1.165) is 6.07 Å². The Balaban J connectivity index is 3.10. The van der Waals surface area contributed by atoms with Crippen molar-refractivity contribution in [1.29, 1.82) is 0 Å². The highest BCUT2D eigenvalue weighted by molar-refractivity contribution is 6.30. The van der Waals surface area contributed by atoms with Crippen molar-refractivity contribution in [2.75, 3.05) is 5.32 Å². The van der Waals surface area contributed by atoms with Crippen molar-refractivity contribution in [3.63, 3.8) is 0 Å². The number of nitrogens with two attached hydrogens (primary N) is 1. The van der Waals surface area contributed by atoms with Crippen LogP contribution in [0.25, 0.3) is 0 Å². The molecule has 0 unspecified atom stereocenters. The van der Waals surface area contributed by atoms with Gasteiger partial charge in [-0.2, -0.15) is 0 Å². The zero-order valence-electron chi connectivity index (χ0n) is 9.88. The Bertz CT molecular complexity index is 478. The molecule has 1 aromatic rings. The summed E-state index contributed by atoms with van der Waals surface area (Å²) in [5.74, 6) is -0.752. The molecular formula is C10H13ClN4O3. The summed E-state index contributed by atoms with van der Waals surface area (Å²) in [6.45, 7) is 3.54. The Morgan fingerprint density at radius 1 is 1.61 bits per heavy atom. The largest absolute Gasteiger partial charge is 0.368 e. The Kier molecular flexibility index (Phi) is 4.43. The first kappa shape index (κ1) is 14.2. The molecule has 18 heavy (non-hydrogen) atoms. The summed E-state index contributed by atoms with van der Waals surface area (Å²) in [5, 5.41) is 13.7. The lowest BCUT2D eigenvalue weighted by Crippen LogP contribution is -2.39. The lowest BCUT2D eigenvalue weighted by molar-refractivity contribution is -0.384. The lowest BCUT2D eigenvalue weighted by Gasteiger charge is -2.19. The fourth-order valence-electron chi connectivity index (χ4n) is 1.39. The molecule has 0 bridgehead atoms. The molecule has 7 nitrogen and oxygen atoms in total. The third-order valence-corrected chi connectivity index (χ3v) is 2.50. The number of amides is 1. The maximum Gasteiger partial charge on any atom is 0.312 e. The minimum Gasteiger partial charge on any atom is -0.368 e. The van der Waals surface area contributed by atoms with E-state index in [1.54, 1.807) is 13.8 Å². The fraction of sp³-hybridized carbons (Fsp3) is 0.400. The second kappa shape index (κ2) is 5.63. The van der Waals surface area contributed by atoms with Crippen LogP contribution in [0.15, 0.2) is 12.3 Å². The summed E-state index contributed by atoms with van der Waals surface area (Å²) in [5.41, 5.74) is 4.92. The molecule has 0 fully saturated rings. The molecule has 0 spiro atoms. The minimum absolute atomic E-state index is 0.0260. The van der Waals surface area contributed by atoms with Gasteiger partial charge in [0.15, 0.2) is 0 Å². The number of nitrogens with one attached hydrogen (secondary N) is 1. The number of nitro groups is 1. The monoisotopic (exact) mass is 272 g/mol. The third-order valence-electron chi connectivity index (χ3n) is 2.30. The summed E-state index contributed by atoms with van der Waals surface area (Å²) in [6, 6.07) is 0.423. The van der Waals surface area contributed by atoms with Gasteiger partial charge in [0.05, 0.1) is 9.95 Å². The molecule has 1 amide bonds. The van der Waals surface area contributed by atoms with E-state index < -0.39 is 16.9 Å². The Hall–Kier alpha value is -1.89. The van der Waals surface area contributed by atoms with E-state index in [1.807, 2.05) is 0 Å². The first-order valence-corrected chi connectivity index (χ1v) is 5.56. The number of pyridine rings is 1. The van der Waals surface area contributed by atoms with E-state index in [1.165, 1.54) is 6.20 Å². The van der Waals surface area contributed by atoms with Gasteiger partial charge >= 0.3 is 5.69 Å². The predicted molar refractivity (Wildman–Crippen MR) is 67.3 cm³/mol. The molecule has 0 saturated carbocycles. The van der Waals surface area contributed by atoms with E-state index in [-0.39, 0.29) is 22.4 Å². The second-order valence-electron chi connectivity index (χ2n) is 4.05. The van der Waals surface area contributed by atoms with E-state index in [9.17, 15) is 14.9 Å². The molecule has 1 heterocycles. The maximum atomic E-state index is 11.2. The first-order valence-electron chi connectivity index (χ1n) is 5.18. The summed E-state index contributed by atoms with van der Waals surface area (Å²) in [7, 11) is 0. The van der Waals surface area contributed by atoms with Crippen LogP contribution in [-0.2, 0) is 4.79 Å². The van der Waals surface area contributed by atoms with Crippen LogP contribution in [0.3, 0.4) is 0 Å². The van der Waals surface area contributed by atoms with Crippen LogP contribution in [0.1, 0.15) is 13.8 Å². The Morgan fingerprint density at radius 3 is 2.67 bits per heavy atom. The molecule has 1 aromatic heterocycles. The molecule has 0 aliphatic heterocycles. The van der Waals surface area contributed by atoms with Crippen molar-refractivity contribution in [3.05, 3.63) is 27.4 Å². The van der Waals surface area contributed by atoms with Crippen molar-refractivity contribution < 1.29 is 9.72 Å². The van der Waals surface area contributed by atoms with Crippen molar-refractivity contribution >= 4 is 29.0 Å². The van der Waals surface area contributed by atoms with Crippen LogP contribution in [0.4, 0.5) is 11.5 Å². The zero-order chi connectivity index (χ0) is 13.9. The van der Waals surface area contributed by atoms with Gasteiger partial charge in [-0.1, -0.05) is 25.4 Å². The van der Waals surface area contributed by atoms with Crippen molar-refractivity contribution in [2.24, 2.45) is 11.7 Å². The number of hydrogen-bond acceptors (Lipinski definition) is 5. The molecule has 1 rings (SSSR count). The number of rotatable bonds is 5. The van der Waals surface area contributed by atoms with E-state index in [4.69, 9.17) is 17.3 Å². The van der Waals surface area contributed by atoms with Crippen LogP contribution < -0.4 is 11.1 Å². The third kappa shape index (κ3) is 3.30. The lowest BCUT2D eigenvalue weighted by atomic mass is 10.0. The number of primary amides is 1. The van der Waals surface area contributed by atoms with E-state index >= 15 is 0 Å². The minimum atomic E-state index is -0.739. The maximum absolute atomic E-state index is 11.2. The molecule has 8 heteroatoms. The van der Waals surface area contributed by atoms with Crippen LogP contribution in [-0.4, -0.2) is 21.9 Å². The molecule has 0 radical (unpaired) electrons. The van der Waals surface area contributed by atoms with Crippen LogP contribution in [0.2, 0.25) is 5.02 Å². The van der Waals surface area contributed by atoms with Crippen LogP contribution >= 0.6 is 11.6 Å². The van der Waals surface area contributed by atoms with Gasteiger partial charge in [-0.25, -0.2) is 4.98 Å². The standard InChI is InChI=1S/C10H13ClN4O3/c1-5(2)8(9(12)16)14-10-7(15(17)18)3-6(11)4-13-10/h3-5,8H,1-2H3,(H2,12,16)(H,13,14)/t8-/m1/s1. The van der Waals surface area contributed by atoms with Gasteiger partial charge in [0.25, 0.3) is 0 Å². The van der Waals surface area contributed by atoms with E-state index in [2.05, 4.69) is 10.3 Å². The SMILES string of the molecule is CC(C)[C@@H](Nc1ncc(Cl)cc1[N+](=O)[O-])C(N)=O. The van der Waals surface area contributed by atoms with Gasteiger partial charge in [-0.05, 0) is 5.92 Å². The normalized spacial score (nSPS) is 12.2. The highest BCUT2D eigenvalue weighted by atomic mass is 35.5. The zero-order valence-corrected chi connectivity index (χ0v) is 10.6. The Morgan fingerprint density at radius 2 is 2.22 bits per heavy atom. The summed E-state index contributed by atoms with van der Waals surface area (Å²) in [4.78, 5) is 25.3. The molecule has 0 aliphatic rings. The van der Waals surface area contributed by atoms with Gasteiger partial charge in [-0.3, -0.25) is 14.9 Å². The number of halogens is 1. The number of hydrogen-bond donors (Lipinski definition) is 2. The number of nitrogens with zero attached hydrogens (tertiary/aromatic N) is 2. The van der Waals surface area contributed by atoms with Gasteiger partial charge < -0.3 is 11.1 Å². The highest BCUT2D eigenvalue weighted by Gasteiger charge is 2.24. The predicted octanol–water partition coefficient (Wildman–Crippen LogP) is 1.56. The van der Waals surface area contributed by atoms with Crippen LogP contribution in [0.5, 0.6) is 0 Å². The summed E-state index contributed by atoms with van der Waals surface area (Å²) < 4.78 is 0. The molecule has 0 saturated heterocycles. The molecule has 0 aromatic carbocycles. The van der Waals surface area contributed by atoms with Crippen molar-refractivity contribution in [1.82, 2.24) is 4.98 Å². The topological polar surface area (TPSA) is 111 Å². The quantitative estimate of drug-likeness (QED) is 0.624. The van der Waals surface area contributed by atoms with Crippen LogP contribution in [0, 0.1) is 16.0 Å². The van der Waals surface area contributed by atoms with Gasteiger partial charge in [-0.15, -0.1) is 0 Å². The average Bonchev–Trinajstić information content (AvgIpc) is 2.25. The van der Waals surface area contributed by atoms with Gasteiger partial charge in [0, 0.05) is 12.3 Å². The average molecular weight is 273 g/mol. The highest BCUT2D eigenvalue weighted by Crippen LogP contribution is 2.26. The molecule has 3 N–H and O–H groups in total. The molecular weight excluding hydrogens is 260 g/mol. The Labute approximate surface area is 108 Å². The van der Waals surface area contributed by atoms with Gasteiger partial charge in [0.1, 0.15) is 6.04 Å². The second-order valence-corrected chi connectivity index (χ2v) is 4.48. The summed E-state index contributed by atoms with van der Waals surface area (Å²) in [6.07, 6.45) is 1.26. The molecule has 1 atom stereocenters. The van der Waals surface area contributed by atoms with Crippen molar-refractivity contribution in [3.8, 4) is 0 Å². The first-order chi connectivity index (χ1) is 8.32. The number of aromatic nitrogens is 1. The number of carbonyl (C=O) groups is 1. The van der Waals surface area contributed by atoms with E-state index in [0.29, 0.717) is 0 Å². The molecule has 98 valence electrons. The molecule has 0 aliphatic carbocycles. The fourth-order valence-corrected chi connectivity index (χ4v) is 1.54. The summed E-state index contributed by atoms with van der Waals surface area (Å²) >= 11 is 5.64.